The van der Waals surface area contributed by atoms with Gasteiger partial charge in [-0.2, -0.15) is 0 Å². The Morgan fingerprint density at radius 1 is 1.13 bits per heavy atom. The number of allylic oxidation sites excluding steroid dienone is 2. The zero-order valence-electron chi connectivity index (χ0n) is 18.5. The molecule has 2 aliphatic carbocycles. The molecule has 1 heterocycles. The number of pyridine rings is 1. The van der Waals surface area contributed by atoms with Gasteiger partial charge in [-0.3, -0.25) is 4.98 Å². The summed E-state index contributed by atoms with van der Waals surface area (Å²) in [6.07, 6.45) is 14.6. The molecule has 3 heteroatoms. The molecule has 2 aliphatic rings. The fraction of sp³-hybridized carbons (Fsp3) is 0.464. The summed E-state index contributed by atoms with van der Waals surface area (Å²) >= 11 is 0. The standard InChI is InChI=1S/C28H35NO2/c1-20-7-6-9-21(15-20)17-25(30)12-13-26-27-18-22(16-23(27)19-28(26)31)8-2-3-10-24-11-4-5-14-29-24/h4-7,9,11-16,23,25-28,30-31H,2-3,8,10,17-19H2,1H3/b13-12+/t23-,25+,26+,27-,28+/m0/s1. The molecule has 0 radical (unpaired) electrons. The van der Waals surface area contributed by atoms with Crippen LogP contribution in [0.4, 0.5) is 0 Å². The molecule has 1 aromatic carbocycles. The van der Waals surface area contributed by atoms with E-state index in [1.807, 2.05) is 24.4 Å². The van der Waals surface area contributed by atoms with Gasteiger partial charge in [-0.25, -0.2) is 0 Å². The first-order valence-electron chi connectivity index (χ1n) is 11.8. The maximum absolute atomic E-state index is 10.6. The van der Waals surface area contributed by atoms with Gasteiger partial charge in [0.05, 0.1) is 12.2 Å². The number of nitrogens with zero attached hydrogens (tertiary/aromatic N) is 1. The van der Waals surface area contributed by atoms with Gasteiger partial charge in [-0.15, -0.1) is 0 Å². The molecule has 0 spiro atoms. The number of aromatic nitrogens is 1. The van der Waals surface area contributed by atoms with Crippen LogP contribution in [0.2, 0.25) is 0 Å². The quantitative estimate of drug-likeness (QED) is 0.435. The second-order valence-electron chi connectivity index (χ2n) is 9.41. The summed E-state index contributed by atoms with van der Waals surface area (Å²) in [4.78, 5) is 4.41. The number of hydrogen-bond donors (Lipinski definition) is 2. The van der Waals surface area contributed by atoms with E-state index in [0.29, 0.717) is 18.3 Å². The Morgan fingerprint density at radius 2 is 2.00 bits per heavy atom. The minimum absolute atomic E-state index is 0.152. The Balaban J connectivity index is 1.25. The lowest BCUT2D eigenvalue weighted by atomic mass is 9.88. The van der Waals surface area contributed by atoms with Gasteiger partial charge in [-0.1, -0.05) is 59.7 Å². The average Bonchev–Trinajstić information content (AvgIpc) is 3.27. The Hall–Kier alpha value is -2.23. The zero-order chi connectivity index (χ0) is 21.6. The van der Waals surface area contributed by atoms with Crippen molar-refractivity contribution in [3.63, 3.8) is 0 Å². The van der Waals surface area contributed by atoms with Crippen LogP contribution in [0.5, 0.6) is 0 Å². The van der Waals surface area contributed by atoms with Gasteiger partial charge < -0.3 is 10.2 Å². The van der Waals surface area contributed by atoms with Crippen molar-refractivity contribution in [2.45, 2.75) is 64.1 Å². The number of hydrogen-bond acceptors (Lipinski definition) is 3. The van der Waals surface area contributed by atoms with Gasteiger partial charge in [0.1, 0.15) is 0 Å². The monoisotopic (exact) mass is 417 g/mol. The second-order valence-corrected chi connectivity index (χ2v) is 9.41. The van der Waals surface area contributed by atoms with Gasteiger partial charge >= 0.3 is 0 Å². The molecule has 0 bridgehead atoms. The molecule has 5 atom stereocenters. The van der Waals surface area contributed by atoms with E-state index < -0.39 is 6.10 Å². The van der Waals surface area contributed by atoms with Crippen LogP contribution in [0.15, 0.2) is 72.5 Å². The molecule has 0 saturated heterocycles. The Bertz CT molecular complexity index is 904. The van der Waals surface area contributed by atoms with Gasteiger partial charge in [0.25, 0.3) is 0 Å². The summed E-state index contributed by atoms with van der Waals surface area (Å²) in [5.74, 6) is 1.13. The molecule has 0 amide bonds. The van der Waals surface area contributed by atoms with Crippen LogP contribution in [-0.2, 0) is 12.8 Å². The van der Waals surface area contributed by atoms with Crippen LogP contribution in [0.1, 0.15) is 48.9 Å². The van der Waals surface area contributed by atoms with Crippen molar-refractivity contribution < 1.29 is 10.2 Å². The number of rotatable bonds is 9. The first kappa shape index (κ1) is 22.0. The molecular weight excluding hydrogens is 382 g/mol. The highest BCUT2D eigenvalue weighted by atomic mass is 16.3. The number of aliphatic hydroxyl groups is 2. The molecule has 2 aromatic rings. The van der Waals surface area contributed by atoms with Crippen molar-refractivity contribution in [1.29, 1.82) is 0 Å². The van der Waals surface area contributed by atoms with Crippen LogP contribution in [0.3, 0.4) is 0 Å². The lowest BCUT2D eigenvalue weighted by molar-refractivity contribution is 0.140. The zero-order valence-corrected chi connectivity index (χ0v) is 18.5. The number of fused-ring (bicyclic) bond motifs is 1. The predicted octanol–water partition coefficient (Wildman–Crippen LogP) is 5.21. The number of aliphatic hydroxyl groups excluding tert-OH is 2. The number of benzene rings is 1. The summed E-state index contributed by atoms with van der Waals surface area (Å²) in [5.41, 5.74) is 5.10. The van der Waals surface area contributed by atoms with E-state index >= 15 is 0 Å². The molecule has 4 rings (SSSR count). The van der Waals surface area contributed by atoms with Crippen molar-refractivity contribution in [2.75, 3.05) is 0 Å². The summed E-state index contributed by atoms with van der Waals surface area (Å²) < 4.78 is 0. The van der Waals surface area contributed by atoms with E-state index in [9.17, 15) is 10.2 Å². The maximum atomic E-state index is 10.6. The van der Waals surface area contributed by atoms with Crippen molar-refractivity contribution >= 4 is 0 Å². The summed E-state index contributed by atoms with van der Waals surface area (Å²) in [6.45, 7) is 2.07. The fourth-order valence-corrected chi connectivity index (χ4v) is 5.40. The van der Waals surface area contributed by atoms with Gasteiger partial charge in [0, 0.05) is 24.2 Å². The van der Waals surface area contributed by atoms with Crippen LogP contribution < -0.4 is 0 Å². The summed E-state index contributed by atoms with van der Waals surface area (Å²) in [6, 6.07) is 14.4. The van der Waals surface area contributed by atoms with E-state index in [4.69, 9.17) is 0 Å². The third-order valence-corrected chi connectivity index (χ3v) is 6.94. The molecule has 2 N–H and O–H groups in total. The molecule has 164 valence electrons. The number of unbranched alkanes of at least 4 members (excludes halogenated alkanes) is 1. The molecule has 31 heavy (non-hydrogen) atoms. The Labute approximate surface area is 186 Å². The van der Waals surface area contributed by atoms with Crippen LogP contribution >= 0.6 is 0 Å². The Morgan fingerprint density at radius 3 is 2.81 bits per heavy atom. The van der Waals surface area contributed by atoms with Gasteiger partial charge in [0.15, 0.2) is 0 Å². The lowest BCUT2D eigenvalue weighted by Crippen LogP contribution is -2.18. The molecule has 0 unspecified atom stereocenters. The van der Waals surface area contributed by atoms with Crippen molar-refractivity contribution in [1.82, 2.24) is 4.98 Å². The van der Waals surface area contributed by atoms with E-state index in [1.165, 1.54) is 24.1 Å². The predicted molar refractivity (Wildman–Crippen MR) is 126 cm³/mol. The molecule has 1 aromatic heterocycles. The van der Waals surface area contributed by atoms with E-state index in [1.54, 1.807) is 5.57 Å². The van der Waals surface area contributed by atoms with Crippen LogP contribution in [-0.4, -0.2) is 27.4 Å². The summed E-state index contributed by atoms with van der Waals surface area (Å²) in [5, 5.41) is 21.1. The number of aryl methyl sites for hydroxylation is 2. The molecule has 3 nitrogen and oxygen atoms in total. The molecule has 1 fully saturated rings. The first-order chi connectivity index (χ1) is 15.1. The van der Waals surface area contributed by atoms with E-state index in [2.05, 4.69) is 54.4 Å². The van der Waals surface area contributed by atoms with Crippen LogP contribution in [0, 0.1) is 24.7 Å². The van der Waals surface area contributed by atoms with Gasteiger partial charge in [0.2, 0.25) is 0 Å². The smallest absolute Gasteiger partial charge is 0.0761 e. The molecule has 1 saturated carbocycles. The highest BCUT2D eigenvalue weighted by Gasteiger charge is 2.43. The maximum Gasteiger partial charge on any atom is 0.0761 e. The minimum atomic E-state index is -0.506. The second kappa shape index (κ2) is 10.4. The lowest BCUT2D eigenvalue weighted by Gasteiger charge is -2.19. The highest BCUT2D eigenvalue weighted by Crippen LogP contribution is 2.48. The average molecular weight is 418 g/mol. The topological polar surface area (TPSA) is 53.4 Å². The van der Waals surface area contributed by atoms with Crippen LogP contribution in [0.25, 0.3) is 0 Å². The molecular formula is C28H35NO2. The van der Waals surface area contributed by atoms with Crippen molar-refractivity contribution in [3.8, 4) is 0 Å². The Kier molecular flexibility index (Phi) is 7.37. The largest absolute Gasteiger partial charge is 0.392 e. The highest BCUT2D eigenvalue weighted by molar-refractivity contribution is 5.24. The van der Waals surface area contributed by atoms with Crippen molar-refractivity contribution in [2.24, 2.45) is 17.8 Å². The third kappa shape index (κ3) is 5.93. The van der Waals surface area contributed by atoms with Gasteiger partial charge in [-0.05, 0) is 75.0 Å². The first-order valence-corrected chi connectivity index (χ1v) is 11.8. The summed E-state index contributed by atoms with van der Waals surface area (Å²) in [7, 11) is 0. The van der Waals surface area contributed by atoms with Crippen molar-refractivity contribution in [3.05, 3.63) is 89.3 Å². The minimum Gasteiger partial charge on any atom is -0.392 e. The third-order valence-electron chi connectivity index (χ3n) is 6.94. The van der Waals surface area contributed by atoms with E-state index in [-0.39, 0.29) is 12.0 Å². The molecule has 0 aliphatic heterocycles. The normalized spacial score (nSPS) is 26.2. The SMILES string of the molecule is Cc1cccc(C[C@H](O)/C=C/[C@@H]2[C@H]3CC(CCCCc4ccccn4)=C[C@H]3C[C@H]2O)c1. The fourth-order valence-electron chi connectivity index (χ4n) is 5.40. The van der Waals surface area contributed by atoms with E-state index in [0.717, 1.165) is 31.2 Å².